The number of carbonyl (C=O) groups excluding carboxylic acids is 6. The van der Waals surface area contributed by atoms with E-state index in [9.17, 15) is 28.8 Å². The first-order valence-electron chi connectivity index (χ1n) is 17.1. The largest absolute Gasteiger partial charge is 0.463 e. The summed E-state index contributed by atoms with van der Waals surface area (Å²) < 4.78 is 32.6. The normalized spacial score (nSPS) is 21.3. The minimum atomic E-state index is -1.62. The molecule has 2 amide bonds. The van der Waals surface area contributed by atoms with Crippen molar-refractivity contribution in [3.05, 3.63) is 0 Å². The second kappa shape index (κ2) is 22.3. The van der Waals surface area contributed by atoms with Crippen LogP contribution in [-0.4, -0.2) is 84.8 Å². The molecule has 276 valence electrons. The number of carbonyl (C=O) groups is 6. The number of alkyl carbamates (subject to hydrolysis) is 1. The summed E-state index contributed by atoms with van der Waals surface area (Å²) in [6.45, 7) is 11.3. The van der Waals surface area contributed by atoms with E-state index in [1.165, 1.54) is 38.5 Å². The molecule has 0 bridgehead atoms. The lowest BCUT2D eigenvalue weighted by atomic mass is 9.93. The highest BCUT2D eigenvalue weighted by Gasteiger charge is 2.54. The third-order valence-corrected chi connectivity index (χ3v) is 7.35. The first-order chi connectivity index (χ1) is 22.5. The van der Waals surface area contributed by atoms with Crippen LogP contribution in [-0.2, 0) is 52.4 Å². The summed E-state index contributed by atoms with van der Waals surface area (Å²) in [6.07, 6.45) is 3.65. The van der Waals surface area contributed by atoms with Crippen LogP contribution in [0.5, 0.6) is 0 Å². The first-order valence-corrected chi connectivity index (χ1v) is 17.1. The molecule has 0 aromatic heterocycles. The maximum Gasteiger partial charge on any atom is 0.409 e. The van der Waals surface area contributed by atoms with Crippen molar-refractivity contribution in [2.75, 3.05) is 6.61 Å². The van der Waals surface area contributed by atoms with Crippen molar-refractivity contribution in [1.82, 2.24) is 10.6 Å². The van der Waals surface area contributed by atoms with Crippen molar-refractivity contribution in [1.29, 1.82) is 0 Å². The quantitative estimate of drug-likeness (QED) is 0.0775. The summed E-state index contributed by atoms with van der Waals surface area (Å²) in [5, 5.41) is 5.42. The van der Waals surface area contributed by atoms with E-state index in [1.54, 1.807) is 20.8 Å². The molecule has 1 rings (SSSR count). The molecule has 1 aliphatic heterocycles. The van der Waals surface area contributed by atoms with E-state index in [4.69, 9.17) is 28.4 Å². The molecular weight excluding hydrogens is 628 g/mol. The van der Waals surface area contributed by atoms with E-state index < -0.39 is 84.8 Å². The van der Waals surface area contributed by atoms with Gasteiger partial charge in [0.2, 0.25) is 0 Å². The Bertz CT molecular complexity index is 1040. The van der Waals surface area contributed by atoms with Crippen LogP contribution in [0.25, 0.3) is 0 Å². The fourth-order valence-electron chi connectivity index (χ4n) is 5.34. The van der Waals surface area contributed by atoms with Crippen molar-refractivity contribution >= 4 is 35.9 Å². The third kappa shape index (κ3) is 18.2. The van der Waals surface area contributed by atoms with Gasteiger partial charge in [-0.1, -0.05) is 71.1 Å². The predicted octanol–water partition coefficient (Wildman–Crippen LogP) is 4.78. The van der Waals surface area contributed by atoms with Gasteiger partial charge in [0.05, 0.1) is 0 Å². The summed E-state index contributed by atoms with van der Waals surface area (Å²) in [6, 6.07) is 0. The first kappa shape index (κ1) is 42.6. The smallest absolute Gasteiger partial charge is 0.409 e. The molecule has 1 fully saturated rings. The Kier molecular flexibility index (Phi) is 19.8. The maximum absolute atomic E-state index is 13.8. The summed E-state index contributed by atoms with van der Waals surface area (Å²) in [4.78, 5) is 74.5. The minimum Gasteiger partial charge on any atom is -0.463 e. The van der Waals surface area contributed by atoms with E-state index in [-0.39, 0.29) is 0 Å². The number of hydrogen-bond acceptors (Lipinski definition) is 12. The van der Waals surface area contributed by atoms with Crippen LogP contribution < -0.4 is 10.6 Å². The highest BCUT2D eigenvalue weighted by Crippen LogP contribution is 2.30. The zero-order valence-electron chi connectivity index (χ0n) is 30.1. The number of esters is 4. The van der Waals surface area contributed by atoms with Gasteiger partial charge in [0.25, 0.3) is 5.91 Å². The average Bonchev–Trinajstić information content (AvgIpc) is 2.95. The summed E-state index contributed by atoms with van der Waals surface area (Å²) >= 11 is 0. The molecule has 0 unspecified atom stereocenters. The molecule has 14 heteroatoms. The van der Waals surface area contributed by atoms with Crippen molar-refractivity contribution in [3.63, 3.8) is 0 Å². The van der Waals surface area contributed by atoms with Gasteiger partial charge in [-0.3, -0.25) is 24.0 Å². The molecule has 0 aliphatic carbocycles. The lowest BCUT2D eigenvalue weighted by molar-refractivity contribution is -0.249. The van der Waals surface area contributed by atoms with Crippen molar-refractivity contribution < 1.29 is 57.2 Å². The van der Waals surface area contributed by atoms with Crippen molar-refractivity contribution in [3.8, 4) is 0 Å². The van der Waals surface area contributed by atoms with Crippen LogP contribution >= 0.6 is 0 Å². The number of ether oxygens (including phenoxy) is 6. The number of hydrogen-bond donors (Lipinski definition) is 2. The lowest BCUT2D eigenvalue weighted by Gasteiger charge is -2.44. The summed E-state index contributed by atoms with van der Waals surface area (Å²) in [5.74, 6) is -3.94. The van der Waals surface area contributed by atoms with Crippen LogP contribution in [0.3, 0.4) is 0 Å². The van der Waals surface area contributed by atoms with Gasteiger partial charge in [-0.2, -0.15) is 0 Å². The zero-order valence-corrected chi connectivity index (χ0v) is 30.1. The van der Waals surface area contributed by atoms with E-state index in [2.05, 4.69) is 17.6 Å². The summed E-state index contributed by atoms with van der Waals surface area (Å²) in [5.41, 5.74) is -0.797. The molecule has 1 aliphatic rings. The van der Waals surface area contributed by atoms with Crippen LogP contribution in [0, 0.1) is 0 Å². The molecule has 14 nitrogen and oxygen atoms in total. The van der Waals surface area contributed by atoms with Gasteiger partial charge >= 0.3 is 30.0 Å². The van der Waals surface area contributed by atoms with Gasteiger partial charge in [-0.15, -0.1) is 0 Å². The number of rotatable bonds is 20. The molecular formula is C34H58N2O12. The molecule has 1 saturated heterocycles. The van der Waals surface area contributed by atoms with E-state index >= 15 is 0 Å². The Hall–Kier alpha value is -3.42. The SMILES string of the molecule is CCCCCCCCCCCCC[C@@H](NC(=O)OC(C)(C)C)NC(=O)[C@@H]1O[C@H](COC(C)=O)[C@@H](OC(C)=O)[C@H](OC(C)=O)[C@H]1OC(C)=O. The van der Waals surface area contributed by atoms with Crippen LogP contribution in [0.1, 0.15) is 132 Å². The molecule has 2 N–H and O–H groups in total. The van der Waals surface area contributed by atoms with Crippen LogP contribution in [0.4, 0.5) is 4.79 Å². The van der Waals surface area contributed by atoms with E-state index in [1.807, 2.05) is 0 Å². The van der Waals surface area contributed by atoms with Crippen molar-refractivity contribution in [2.45, 2.75) is 175 Å². The molecule has 0 saturated carbocycles. The van der Waals surface area contributed by atoms with Crippen molar-refractivity contribution in [2.24, 2.45) is 0 Å². The summed E-state index contributed by atoms with van der Waals surface area (Å²) in [7, 11) is 0. The lowest BCUT2D eigenvalue weighted by Crippen LogP contribution is -2.66. The molecule has 0 aromatic carbocycles. The second-order valence-corrected chi connectivity index (χ2v) is 13.2. The number of unbranched alkanes of at least 4 members (excludes halogenated alkanes) is 10. The monoisotopic (exact) mass is 686 g/mol. The Morgan fingerprint density at radius 2 is 1.12 bits per heavy atom. The highest BCUT2D eigenvalue weighted by atomic mass is 16.7. The number of amides is 2. The van der Waals surface area contributed by atoms with E-state index in [0.29, 0.717) is 12.8 Å². The van der Waals surface area contributed by atoms with Crippen LogP contribution in [0.2, 0.25) is 0 Å². The zero-order chi connectivity index (χ0) is 36.3. The average molecular weight is 687 g/mol. The molecule has 0 aromatic rings. The highest BCUT2D eigenvalue weighted by molar-refractivity contribution is 5.83. The van der Waals surface area contributed by atoms with Gasteiger partial charge in [0.15, 0.2) is 24.4 Å². The fourth-order valence-corrected chi connectivity index (χ4v) is 5.34. The second-order valence-electron chi connectivity index (χ2n) is 13.2. The molecule has 48 heavy (non-hydrogen) atoms. The van der Waals surface area contributed by atoms with E-state index in [0.717, 1.165) is 53.4 Å². The van der Waals surface area contributed by atoms with Gasteiger partial charge in [-0.05, 0) is 33.6 Å². The fraction of sp³-hybridized carbons (Fsp3) is 0.824. The Labute approximate surface area is 285 Å². The van der Waals surface area contributed by atoms with Gasteiger partial charge in [-0.25, -0.2) is 4.79 Å². The topological polar surface area (TPSA) is 182 Å². The van der Waals surface area contributed by atoms with Gasteiger partial charge < -0.3 is 39.1 Å². The minimum absolute atomic E-state index is 0.354. The van der Waals surface area contributed by atoms with Gasteiger partial charge in [0, 0.05) is 27.7 Å². The molecule has 0 spiro atoms. The standard InChI is InChI=1S/C34H58N2O12/c1-9-10-11-12-13-14-15-16-17-18-19-20-27(36-33(42)48-34(6,7)8)35-32(41)31-30(46-25(5)40)29(45-24(4)39)28(44-23(3)38)26(47-31)21-43-22(2)37/h26-31H,9-21H2,1-8H3,(H,35,41)(H,36,42)/t26-,27-,28-,29+,30-,31-/m1/s1. The Balaban J connectivity index is 3.14. The third-order valence-electron chi connectivity index (χ3n) is 7.35. The molecule has 6 atom stereocenters. The number of nitrogens with one attached hydrogen (secondary N) is 2. The van der Waals surface area contributed by atoms with Crippen LogP contribution in [0.15, 0.2) is 0 Å². The van der Waals surface area contributed by atoms with Gasteiger partial charge in [0.1, 0.15) is 24.5 Å². The molecule has 0 radical (unpaired) electrons. The Morgan fingerprint density at radius 1 is 0.646 bits per heavy atom. The molecule has 1 heterocycles. The maximum atomic E-state index is 13.8. The predicted molar refractivity (Wildman–Crippen MR) is 174 cm³/mol. The Morgan fingerprint density at radius 3 is 1.60 bits per heavy atom.